The topological polar surface area (TPSA) is 83.8 Å². The number of methoxy groups -OCH3 is 2. The first-order valence-corrected chi connectivity index (χ1v) is 8.06. The molecule has 0 radical (unpaired) electrons. The Kier molecular flexibility index (Phi) is 6.16. The Labute approximate surface area is 151 Å². The molecule has 0 aliphatic rings. The van der Waals surface area contributed by atoms with Gasteiger partial charge in [0.1, 0.15) is 11.3 Å². The number of benzene rings is 1. The number of hydrogen-bond donors (Lipinski definition) is 0. The number of carbonyl (C=O) groups excluding carboxylic acids is 3. The van der Waals surface area contributed by atoms with Crippen molar-refractivity contribution in [3.63, 3.8) is 0 Å². The summed E-state index contributed by atoms with van der Waals surface area (Å²) in [7, 11) is 2.39. The summed E-state index contributed by atoms with van der Waals surface area (Å²) >= 11 is 0. The Morgan fingerprint density at radius 1 is 0.923 bits per heavy atom. The van der Waals surface area contributed by atoms with E-state index in [2.05, 4.69) is 0 Å². The second-order valence-electron chi connectivity index (χ2n) is 5.46. The van der Waals surface area contributed by atoms with E-state index in [1.807, 2.05) is 30.3 Å². The molecule has 0 unspecified atom stereocenters. The minimum Gasteiger partial charge on any atom is -0.465 e. The van der Waals surface area contributed by atoms with Crippen LogP contribution in [-0.4, -0.2) is 43.3 Å². The lowest BCUT2D eigenvalue weighted by Crippen LogP contribution is -2.17. The van der Waals surface area contributed by atoms with Crippen LogP contribution in [0.2, 0.25) is 0 Å². The normalized spacial score (nSPS) is 10.3. The Morgan fingerprint density at radius 2 is 1.54 bits per heavy atom. The van der Waals surface area contributed by atoms with Gasteiger partial charge in [0.05, 0.1) is 26.4 Å². The predicted octanol–water partition coefficient (Wildman–Crippen LogP) is 2.59. The summed E-state index contributed by atoms with van der Waals surface area (Å²) in [5, 5.41) is 0. The molecule has 0 amide bonds. The minimum absolute atomic E-state index is 0.00929. The van der Waals surface area contributed by atoms with Gasteiger partial charge in [-0.1, -0.05) is 30.3 Å². The number of esters is 3. The molecule has 0 bridgehead atoms. The van der Waals surface area contributed by atoms with Crippen molar-refractivity contribution >= 4 is 17.9 Å². The Morgan fingerprint density at radius 3 is 2.08 bits per heavy atom. The third-order valence-electron chi connectivity index (χ3n) is 3.95. The van der Waals surface area contributed by atoms with Crippen LogP contribution in [0.25, 0.3) is 0 Å². The summed E-state index contributed by atoms with van der Waals surface area (Å²) in [6, 6.07) is 9.35. The summed E-state index contributed by atoms with van der Waals surface area (Å²) < 4.78 is 16.3. The lowest BCUT2D eigenvalue weighted by atomic mass is 10.1. The molecule has 0 saturated carbocycles. The van der Waals surface area contributed by atoms with Gasteiger partial charge < -0.3 is 18.8 Å². The van der Waals surface area contributed by atoms with E-state index < -0.39 is 17.9 Å². The molecule has 138 valence electrons. The highest BCUT2D eigenvalue weighted by Gasteiger charge is 2.34. The number of ether oxygens (including phenoxy) is 3. The molecule has 7 heteroatoms. The van der Waals surface area contributed by atoms with Crippen LogP contribution in [0.3, 0.4) is 0 Å². The maximum Gasteiger partial charge on any atom is 0.355 e. The first kappa shape index (κ1) is 19.2. The smallest absolute Gasteiger partial charge is 0.355 e. The van der Waals surface area contributed by atoms with E-state index >= 15 is 0 Å². The number of carbonyl (C=O) groups is 3. The molecule has 2 rings (SSSR count). The zero-order chi connectivity index (χ0) is 19.3. The van der Waals surface area contributed by atoms with Crippen molar-refractivity contribution in [2.45, 2.75) is 20.4 Å². The van der Waals surface area contributed by atoms with E-state index in [1.54, 1.807) is 18.4 Å². The molecule has 2 aromatic rings. The van der Waals surface area contributed by atoms with Crippen molar-refractivity contribution in [3.05, 3.63) is 58.4 Å². The van der Waals surface area contributed by atoms with E-state index in [1.165, 1.54) is 14.2 Å². The highest BCUT2D eigenvalue weighted by atomic mass is 16.5. The Bertz CT molecular complexity index is 822. The minimum atomic E-state index is -0.802. The molecule has 1 heterocycles. The summed E-state index contributed by atoms with van der Waals surface area (Å²) in [6.45, 7) is 3.72. The van der Waals surface area contributed by atoms with E-state index in [0.717, 1.165) is 5.56 Å². The Balaban J connectivity index is 2.74. The van der Waals surface area contributed by atoms with Gasteiger partial charge in [0.25, 0.3) is 0 Å². The Hall–Kier alpha value is -3.09. The second kappa shape index (κ2) is 8.33. The zero-order valence-corrected chi connectivity index (χ0v) is 15.2. The molecule has 0 spiro atoms. The van der Waals surface area contributed by atoms with Crippen LogP contribution in [-0.2, 0) is 20.8 Å². The SMILES string of the molecule is CCOC(=O)c1c(C(=O)OC)c(C(=O)OC)n(Cc2ccccc2)c1C. The van der Waals surface area contributed by atoms with Crippen LogP contribution in [0, 0.1) is 6.92 Å². The lowest BCUT2D eigenvalue weighted by molar-refractivity contribution is 0.0501. The number of hydrogen-bond acceptors (Lipinski definition) is 6. The standard InChI is InChI=1S/C19H21NO6/c1-5-26-18(22)14-12(2)20(11-13-9-7-6-8-10-13)16(19(23)25-4)15(14)17(21)24-3/h6-10H,5,11H2,1-4H3. The van der Waals surface area contributed by atoms with E-state index in [4.69, 9.17) is 14.2 Å². The third kappa shape index (κ3) is 3.61. The average Bonchev–Trinajstić information content (AvgIpc) is 2.94. The van der Waals surface area contributed by atoms with Gasteiger partial charge in [-0.05, 0) is 19.4 Å². The van der Waals surface area contributed by atoms with Crippen molar-refractivity contribution < 1.29 is 28.6 Å². The van der Waals surface area contributed by atoms with Crippen molar-refractivity contribution in [2.24, 2.45) is 0 Å². The van der Waals surface area contributed by atoms with Gasteiger partial charge in [-0.2, -0.15) is 0 Å². The summed E-state index contributed by atoms with van der Waals surface area (Å²) in [4.78, 5) is 37.2. The molecular weight excluding hydrogens is 338 g/mol. The van der Waals surface area contributed by atoms with Gasteiger partial charge in [0, 0.05) is 12.2 Å². The van der Waals surface area contributed by atoms with Gasteiger partial charge >= 0.3 is 17.9 Å². The number of rotatable bonds is 6. The molecule has 0 atom stereocenters. The van der Waals surface area contributed by atoms with Crippen molar-refractivity contribution in [1.29, 1.82) is 0 Å². The average molecular weight is 359 g/mol. The predicted molar refractivity (Wildman–Crippen MR) is 93.3 cm³/mol. The second-order valence-corrected chi connectivity index (χ2v) is 5.46. The number of nitrogens with zero attached hydrogens (tertiary/aromatic N) is 1. The quantitative estimate of drug-likeness (QED) is 0.582. The first-order chi connectivity index (χ1) is 12.5. The monoisotopic (exact) mass is 359 g/mol. The zero-order valence-electron chi connectivity index (χ0n) is 15.2. The molecule has 0 fully saturated rings. The van der Waals surface area contributed by atoms with Crippen LogP contribution in [0.1, 0.15) is 49.4 Å². The van der Waals surface area contributed by atoms with Crippen LogP contribution >= 0.6 is 0 Å². The third-order valence-corrected chi connectivity index (χ3v) is 3.95. The molecule has 0 N–H and O–H groups in total. The summed E-state index contributed by atoms with van der Waals surface area (Å²) in [5.41, 5.74) is 1.14. The van der Waals surface area contributed by atoms with Gasteiger partial charge in [0.15, 0.2) is 0 Å². The van der Waals surface area contributed by atoms with E-state index in [0.29, 0.717) is 5.69 Å². The fourth-order valence-corrected chi connectivity index (χ4v) is 2.76. The van der Waals surface area contributed by atoms with Crippen LogP contribution in [0.4, 0.5) is 0 Å². The largest absolute Gasteiger partial charge is 0.465 e. The van der Waals surface area contributed by atoms with Crippen molar-refractivity contribution in [3.8, 4) is 0 Å². The molecule has 1 aromatic heterocycles. The van der Waals surface area contributed by atoms with Crippen LogP contribution in [0.5, 0.6) is 0 Å². The first-order valence-electron chi connectivity index (χ1n) is 8.06. The fraction of sp³-hybridized carbons (Fsp3) is 0.316. The van der Waals surface area contributed by atoms with Gasteiger partial charge in [0.2, 0.25) is 0 Å². The summed E-state index contributed by atoms with van der Waals surface area (Å²) in [5.74, 6) is -2.23. The fourth-order valence-electron chi connectivity index (χ4n) is 2.76. The molecule has 26 heavy (non-hydrogen) atoms. The molecule has 7 nitrogen and oxygen atoms in total. The maximum atomic E-state index is 12.4. The van der Waals surface area contributed by atoms with Crippen LogP contribution < -0.4 is 0 Å². The van der Waals surface area contributed by atoms with Gasteiger partial charge in [-0.3, -0.25) is 0 Å². The highest BCUT2D eigenvalue weighted by Crippen LogP contribution is 2.27. The van der Waals surface area contributed by atoms with E-state index in [-0.39, 0.29) is 30.0 Å². The van der Waals surface area contributed by atoms with Gasteiger partial charge in [-0.15, -0.1) is 0 Å². The van der Waals surface area contributed by atoms with E-state index in [9.17, 15) is 14.4 Å². The number of aromatic nitrogens is 1. The van der Waals surface area contributed by atoms with Crippen molar-refractivity contribution in [2.75, 3.05) is 20.8 Å². The van der Waals surface area contributed by atoms with Gasteiger partial charge in [-0.25, -0.2) is 14.4 Å². The highest BCUT2D eigenvalue weighted by molar-refractivity contribution is 6.11. The maximum absolute atomic E-state index is 12.4. The molecule has 0 aliphatic carbocycles. The molecule has 1 aromatic carbocycles. The van der Waals surface area contributed by atoms with Crippen molar-refractivity contribution in [1.82, 2.24) is 4.57 Å². The molecule has 0 aliphatic heterocycles. The molecular formula is C19H21NO6. The van der Waals surface area contributed by atoms with Crippen LogP contribution in [0.15, 0.2) is 30.3 Å². The molecule has 0 saturated heterocycles. The lowest BCUT2D eigenvalue weighted by Gasteiger charge is -2.11. The summed E-state index contributed by atoms with van der Waals surface area (Å²) in [6.07, 6.45) is 0.